The van der Waals surface area contributed by atoms with Crippen LogP contribution < -0.4 is 31.0 Å². The van der Waals surface area contributed by atoms with Crippen molar-refractivity contribution in [2.75, 3.05) is 39.4 Å². The molecular formula is C60H58N2O10. The molecule has 2 atom stereocenters. The van der Waals surface area contributed by atoms with Crippen LogP contribution in [0.25, 0.3) is 44.6 Å². The number of esters is 2. The van der Waals surface area contributed by atoms with Crippen molar-refractivity contribution in [2.24, 2.45) is 0 Å². The van der Waals surface area contributed by atoms with Gasteiger partial charge in [0.15, 0.2) is 10.9 Å². The number of ether oxygens (including phenoxy) is 4. The Labute approximate surface area is 418 Å². The van der Waals surface area contributed by atoms with Crippen molar-refractivity contribution in [1.29, 1.82) is 0 Å². The molecule has 72 heavy (non-hydrogen) atoms. The summed E-state index contributed by atoms with van der Waals surface area (Å²) in [5.41, 5.74) is 4.53. The van der Waals surface area contributed by atoms with Gasteiger partial charge < -0.3 is 38.4 Å². The fourth-order valence-electron chi connectivity index (χ4n) is 8.17. The second-order valence-corrected chi connectivity index (χ2v) is 17.3. The van der Waals surface area contributed by atoms with Crippen LogP contribution in [0.4, 0.5) is 0 Å². The minimum Gasteiger partial charge on any atom is -0.493 e. The van der Waals surface area contributed by atoms with Crippen LogP contribution in [0.2, 0.25) is 0 Å². The first-order chi connectivity index (χ1) is 35.3. The fourth-order valence-corrected chi connectivity index (χ4v) is 8.17. The predicted molar refractivity (Wildman–Crippen MR) is 280 cm³/mol. The molecule has 0 amide bonds. The number of hydrogen-bond donors (Lipinski definition) is 2. The average molecular weight is 967 g/mol. The molecule has 12 heteroatoms. The van der Waals surface area contributed by atoms with Gasteiger partial charge in [-0.05, 0) is 87.0 Å². The number of nitrogens with one attached hydrogen (secondary N) is 2. The summed E-state index contributed by atoms with van der Waals surface area (Å²) in [7, 11) is 0. The van der Waals surface area contributed by atoms with E-state index in [4.69, 9.17) is 27.8 Å². The van der Waals surface area contributed by atoms with Crippen molar-refractivity contribution in [3.8, 4) is 34.1 Å². The summed E-state index contributed by atoms with van der Waals surface area (Å²) in [5, 5.41) is 7.74. The molecule has 2 unspecified atom stereocenters. The second kappa shape index (κ2) is 26.2. The van der Waals surface area contributed by atoms with Crippen LogP contribution in [0.3, 0.4) is 0 Å². The molecule has 0 bridgehead atoms. The van der Waals surface area contributed by atoms with E-state index in [1.165, 1.54) is 23.3 Å². The molecular weight excluding hydrogens is 909 g/mol. The molecule has 0 aliphatic heterocycles. The van der Waals surface area contributed by atoms with Gasteiger partial charge in [0.25, 0.3) is 0 Å². The highest BCUT2D eigenvalue weighted by atomic mass is 16.6. The number of hydrogen-bond acceptors (Lipinski definition) is 12. The Hall–Kier alpha value is -8.06. The van der Waals surface area contributed by atoms with Crippen molar-refractivity contribution in [3.05, 3.63) is 214 Å². The van der Waals surface area contributed by atoms with E-state index in [1.54, 1.807) is 36.4 Å². The van der Waals surface area contributed by atoms with E-state index in [0.717, 1.165) is 36.1 Å². The molecule has 2 heterocycles. The maximum atomic E-state index is 13.3. The molecule has 0 fully saturated rings. The van der Waals surface area contributed by atoms with E-state index in [2.05, 4.69) is 34.9 Å². The van der Waals surface area contributed by atoms with Gasteiger partial charge >= 0.3 is 11.9 Å². The third kappa shape index (κ3) is 15.2. The molecule has 2 aromatic heterocycles. The number of carbonyl (C=O) groups is 2. The highest BCUT2D eigenvalue weighted by Crippen LogP contribution is 2.27. The second-order valence-electron chi connectivity index (χ2n) is 17.3. The molecule has 8 rings (SSSR count). The van der Waals surface area contributed by atoms with Gasteiger partial charge in [0.1, 0.15) is 46.4 Å². The van der Waals surface area contributed by atoms with Gasteiger partial charge in [-0.2, -0.15) is 0 Å². The molecule has 0 spiro atoms. The standard InChI is InChI=1S/C60H58N2O10/c63-53-39-55(45-19-9-3-10-20-45)71-57-37-47(25-27-51(53)57)67-35-13-23-49(41-61-33-31-43-15-5-1-6-16-43)69-59(65)29-30-60(66)70-50(42-62-34-32-44-17-7-2-8-18-44)24-14-36-68-48-26-28-52-54(64)40-56(72-58(52)38-48)46-21-11-4-12-22-46/h1-12,15-22,25-30,37-40,49-50,61-62H,13-14,23-24,31-36,41-42H2/b30-29-. The van der Waals surface area contributed by atoms with E-state index >= 15 is 0 Å². The van der Waals surface area contributed by atoms with Crippen molar-refractivity contribution in [2.45, 2.75) is 50.7 Å². The largest absolute Gasteiger partial charge is 0.493 e. The number of carbonyl (C=O) groups excluding carboxylic acids is 2. The molecule has 12 nitrogen and oxygen atoms in total. The molecule has 6 aromatic carbocycles. The minimum atomic E-state index is -0.672. The summed E-state index contributed by atoms with van der Waals surface area (Å²) in [6, 6.07) is 52.4. The summed E-state index contributed by atoms with van der Waals surface area (Å²) < 4.78 is 36.1. The van der Waals surface area contributed by atoms with Gasteiger partial charge in [-0.1, -0.05) is 121 Å². The molecule has 0 saturated heterocycles. The highest BCUT2D eigenvalue weighted by Gasteiger charge is 2.17. The zero-order valence-electron chi connectivity index (χ0n) is 40.0. The lowest BCUT2D eigenvalue weighted by Crippen LogP contribution is -2.33. The van der Waals surface area contributed by atoms with Crippen molar-refractivity contribution < 1.29 is 37.4 Å². The van der Waals surface area contributed by atoms with E-state index in [0.29, 0.717) is 110 Å². The Morgan fingerprint density at radius 1 is 0.486 bits per heavy atom. The Morgan fingerprint density at radius 2 is 0.875 bits per heavy atom. The van der Waals surface area contributed by atoms with Crippen molar-refractivity contribution >= 4 is 33.9 Å². The van der Waals surface area contributed by atoms with E-state index < -0.39 is 24.1 Å². The third-order valence-electron chi connectivity index (χ3n) is 11.9. The number of rotatable bonds is 26. The first kappa shape index (κ1) is 50.3. The predicted octanol–water partition coefficient (Wildman–Crippen LogP) is 10.3. The Bertz CT molecular complexity index is 2930. The van der Waals surface area contributed by atoms with Gasteiger partial charge in [-0.15, -0.1) is 0 Å². The van der Waals surface area contributed by atoms with Crippen LogP contribution in [0.5, 0.6) is 11.5 Å². The van der Waals surface area contributed by atoms with Gasteiger partial charge in [0.05, 0.1) is 24.0 Å². The van der Waals surface area contributed by atoms with Crippen LogP contribution in [0, 0.1) is 0 Å². The highest BCUT2D eigenvalue weighted by molar-refractivity contribution is 5.91. The monoisotopic (exact) mass is 966 g/mol. The summed E-state index contributed by atoms with van der Waals surface area (Å²) in [6.07, 6.45) is 4.81. The van der Waals surface area contributed by atoms with E-state index in [9.17, 15) is 19.2 Å². The summed E-state index contributed by atoms with van der Waals surface area (Å²) in [4.78, 5) is 52.3. The lowest BCUT2D eigenvalue weighted by molar-refractivity contribution is -0.146. The summed E-state index contributed by atoms with van der Waals surface area (Å²) >= 11 is 0. The van der Waals surface area contributed by atoms with Gasteiger partial charge in [-0.3, -0.25) is 9.59 Å². The zero-order valence-corrected chi connectivity index (χ0v) is 40.0. The molecule has 0 aliphatic carbocycles. The number of benzene rings is 6. The SMILES string of the molecule is O=C(/C=C\C(=O)OC(CCCOc1ccc2c(=O)cc(-c3ccccc3)oc2c1)CNCCc1ccccc1)OC(CCCOc1ccc2c(=O)cc(-c3ccccc3)oc2c1)CNCCc1ccccc1. The first-order valence-corrected chi connectivity index (χ1v) is 24.4. The minimum absolute atomic E-state index is 0.142. The maximum Gasteiger partial charge on any atom is 0.331 e. The smallest absolute Gasteiger partial charge is 0.331 e. The van der Waals surface area contributed by atoms with E-state index in [1.807, 2.05) is 97.1 Å². The molecule has 0 aliphatic rings. The zero-order chi connectivity index (χ0) is 49.7. The average Bonchev–Trinajstić information content (AvgIpc) is 3.41. The Morgan fingerprint density at radius 3 is 1.28 bits per heavy atom. The van der Waals surface area contributed by atoms with Gasteiger partial charge in [0.2, 0.25) is 0 Å². The topological polar surface area (TPSA) is 156 Å². The van der Waals surface area contributed by atoms with Crippen molar-refractivity contribution in [3.63, 3.8) is 0 Å². The molecule has 0 radical (unpaired) electrons. The number of fused-ring (bicyclic) bond motifs is 2. The normalized spacial score (nSPS) is 12.2. The van der Waals surface area contributed by atoms with Crippen LogP contribution >= 0.6 is 0 Å². The van der Waals surface area contributed by atoms with Gasteiger partial charge in [0, 0.05) is 60.6 Å². The quantitative estimate of drug-likeness (QED) is 0.0301. The maximum absolute atomic E-state index is 13.3. The summed E-state index contributed by atoms with van der Waals surface area (Å²) in [5.74, 6) is 0.691. The van der Waals surface area contributed by atoms with Crippen molar-refractivity contribution in [1.82, 2.24) is 10.6 Å². The third-order valence-corrected chi connectivity index (χ3v) is 11.9. The Kier molecular flexibility index (Phi) is 18.3. The lowest BCUT2D eigenvalue weighted by atomic mass is 10.1. The fraction of sp³-hybridized carbons (Fsp3) is 0.233. The Balaban J connectivity index is 0.850. The van der Waals surface area contributed by atoms with Crippen LogP contribution in [0.1, 0.15) is 36.8 Å². The molecule has 0 saturated carbocycles. The van der Waals surface area contributed by atoms with E-state index in [-0.39, 0.29) is 10.9 Å². The van der Waals surface area contributed by atoms with Crippen LogP contribution in [-0.2, 0) is 31.9 Å². The molecule has 8 aromatic rings. The van der Waals surface area contributed by atoms with Crippen LogP contribution in [-0.4, -0.2) is 63.5 Å². The van der Waals surface area contributed by atoms with Gasteiger partial charge in [-0.25, -0.2) is 9.59 Å². The lowest BCUT2D eigenvalue weighted by Gasteiger charge is -2.19. The van der Waals surface area contributed by atoms with Crippen LogP contribution in [0.15, 0.2) is 200 Å². The molecule has 2 N–H and O–H groups in total. The summed E-state index contributed by atoms with van der Waals surface area (Å²) in [6.45, 7) is 2.76. The molecule has 368 valence electrons. The first-order valence-electron chi connectivity index (χ1n) is 24.4.